The largest absolute Gasteiger partial charge is 0.382 e. The van der Waals surface area contributed by atoms with E-state index in [0.29, 0.717) is 53.3 Å². The summed E-state index contributed by atoms with van der Waals surface area (Å²) in [6.45, 7) is 1.55. The Hall–Kier alpha value is -4.31. The van der Waals surface area contributed by atoms with Crippen molar-refractivity contribution in [2.45, 2.75) is 68.6 Å². The molecule has 0 radical (unpaired) electrons. The third-order valence-corrected chi connectivity index (χ3v) is 11.5. The lowest BCUT2D eigenvalue weighted by molar-refractivity contribution is -0.0221. The van der Waals surface area contributed by atoms with Crippen molar-refractivity contribution in [3.8, 4) is 22.6 Å². The standard InChI is InChI=1S/C33H41F2N11O2S/c1-44(2)20-22-3-5-24(6-4-22)39-28-17-30(37-19-26(28)27-9-10-31(43-42-27)45-15-12-33(34,35)13-16-45)40-29-11-14-36-32(41-29)23-18-38-46(21-23)49(47,48)25-7-8-25/h9-11,14,17-19,21-22,24-25H,3-8,12-13,15-16,20H2,1-2H3,(H2,36,37,39,40,41). The highest BCUT2D eigenvalue weighted by molar-refractivity contribution is 7.90. The molecule has 0 atom stereocenters. The highest BCUT2D eigenvalue weighted by Gasteiger charge is 2.38. The number of pyridine rings is 1. The predicted octanol–water partition coefficient (Wildman–Crippen LogP) is 5.04. The van der Waals surface area contributed by atoms with E-state index in [1.165, 1.54) is 12.4 Å². The third kappa shape index (κ3) is 7.80. The number of hydrogen-bond donors (Lipinski definition) is 2. The molecule has 13 nitrogen and oxygen atoms in total. The normalized spacial score (nSPS) is 21.1. The molecule has 16 heteroatoms. The van der Waals surface area contributed by atoms with Gasteiger partial charge in [0.1, 0.15) is 11.6 Å². The van der Waals surface area contributed by atoms with Crippen molar-refractivity contribution in [1.82, 2.24) is 39.2 Å². The van der Waals surface area contributed by atoms with E-state index in [2.05, 4.69) is 59.9 Å². The first-order valence-electron chi connectivity index (χ1n) is 16.8. The van der Waals surface area contributed by atoms with E-state index in [9.17, 15) is 17.2 Å². The van der Waals surface area contributed by atoms with Crippen LogP contribution in [0.15, 0.2) is 49.1 Å². The summed E-state index contributed by atoms with van der Waals surface area (Å²) >= 11 is 0. The van der Waals surface area contributed by atoms with Crippen LogP contribution in [0.25, 0.3) is 22.6 Å². The highest BCUT2D eigenvalue weighted by Crippen LogP contribution is 2.35. The fourth-order valence-corrected chi connectivity index (χ4v) is 8.03. The number of nitrogens with zero attached hydrogens (tertiary/aromatic N) is 9. The van der Waals surface area contributed by atoms with Gasteiger partial charge in [-0.05, 0) is 76.7 Å². The number of hydrogen-bond acceptors (Lipinski definition) is 12. The number of anilines is 4. The van der Waals surface area contributed by atoms with E-state index in [4.69, 9.17) is 0 Å². The Balaban J connectivity index is 1.11. The van der Waals surface area contributed by atoms with Crippen LogP contribution in [0.1, 0.15) is 51.4 Å². The number of halogens is 2. The molecule has 0 bridgehead atoms. The Bertz CT molecular complexity index is 1870. The molecule has 7 rings (SSSR count). The summed E-state index contributed by atoms with van der Waals surface area (Å²) in [6.07, 6.45) is 11.5. The van der Waals surface area contributed by atoms with Gasteiger partial charge < -0.3 is 20.4 Å². The Kier molecular flexibility index (Phi) is 9.17. The second-order valence-corrected chi connectivity index (χ2v) is 15.7. The Labute approximate surface area is 284 Å². The monoisotopic (exact) mass is 693 g/mol. The lowest BCUT2D eigenvalue weighted by Crippen LogP contribution is -2.39. The Morgan fingerprint density at radius 1 is 0.959 bits per heavy atom. The summed E-state index contributed by atoms with van der Waals surface area (Å²) in [5.41, 5.74) is 2.73. The number of rotatable bonds is 11. The Morgan fingerprint density at radius 3 is 2.43 bits per heavy atom. The van der Waals surface area contributed by atoms with E-state index in [1.54, 1.807) is 18.5 Å². The summed E-state index contributed by atoms with van der Waals surface area (Å²) in [7, 11) is 0.726. The van der Waals surface area contributed by atoms with Gasteiger partial charge in [-0.25, -0.2) is 32.2 Å². The van der Waals surface area contributed by atoms with Crippen molar-refractivity contribution in [3.63, 3.8) is 0 Å². The molecule has 0 spiro atoms. The second kappa shape index (κ2) is 13.5. The minimum atomic E-state index is -3.50. The average Bonchev–Trinajstić information content (AvgIpc) is 3.83. The first kappa shape index (κ1) is 33.2. The van der Waals surface area contributed by atoms with E-state index >= 15 is 0 Å². The summed E-state index contributed by atoms with van der Waals surface area (Å²) in [5.74, 6) is -0.0260. The van der Waals surface area contributed by atoms with E-state index in [0.717, 1.165) is 47.6 Å². The van der Waals surface area contributed by atoms with Crippen LogP contribution in [0.4, 0.5) is 31.9 Å². The smallest absolute Gasteiger partial charge is 0.256 e. The average molecular weight is 694 g/mol. The van der Waals surface area contributed by atoms with Gasteiger partial charge >= 0.3 is 0 Å². The van der Waals surface area contributed by atoms with Gasteiger partial charge in [-0.15, -0.1) is 10.2 Å². The molecule has 4 aromatic heterocycles. The number of aromatic nitrogens is 7. The van der Waals surface area contributed by atoms with Crippen LogP contribution in [0.3, 0.4) is 0 Å². The summed E-state index contributed by atoms with van der Waals surface area (Å²) < 4.78 is 53.7. The maximum atomic E-state index is 13.7. The van der Waals surface area contributed by atoms with Crippen LogP contribution in [0.5, 0.6) is 0 Å². The predicted molar refractivity (Wildman–Crippen MR) is 183 cm³/mol. The molecule has 0 unspecified atom stereocenters. The minimum absolute atomic E-state index is 0.195. The van der Waals surface area contributed by atoms with Crippen molar-refractivity contribution < 1.29 is 17.2 Å². The maximum Gasteiger partial charge on any atom is 0.256 e. The molecule has 2 N–H and O–H groups in total. The van der Waals surface area contributed by atoms with Crippen LogP contribution in [0, 0.1) is 5.92 Å². The Morgan fingerprint density at radius 2 is 1.73 bits per heavy atom. The quantitative estimate of drug-likeness (QED) is 0.217. The van der Waals surface area contributed by atoms with E-state index in [-0.39, 0.29) is 37.2 Å². The zero-order valence-corrected chi connectivity index (χ0v) is 28.5. The van der Waals surface area contributed by atoms with Gasteiger partial charge in [-0.1, -0.05) is 0 Å². The molecule has 4 aromatic rings. The third-order valence-electron chi connectivity index (χ3n) is 9.42. The van der Waals surface area contributed by atoms with Gasteiger partial charge in [0, 0.05) is 68.2 Å². The van der Waals surface area contributed by atoms with Gasteiger partial charge in [-0.3, -0.25) is 0 Å². The second-order valence-electron chi connectivity index (χ2n) is 13.6. The van der Waals surface area contributed by atoms with Crippen LogP contribution >= 0.6 is 0 Å². The maximum absolute atomic E-state index is 13.7. The molecule has 2 saturated carbocycles. The fourth-order valence-electron chi connectivity index (χ4n) is 6.55. The first-order valence-corrected chi connectivity index (χ1v) is 18.3. The van der Waals surface area contributed by atoms with E-state index in [1.807, 2.05) is 23.1 Å². The first-order chi connectivity index (χ1) is 23.5. The van der Waals surface area contributed by atoms with Crippen molar-refractivity contribution in [2.75, 3.05) is 49.3 Å². The minimum Gasteiger partial charge on any atom is -0.382 e. The SMILES string of the molecule is CN(C)CC1CCC(Nc2cc(Nc3ccnc(-c4cnn(S(=O)(=O)C5CC5)c4)n3)ncc2-c2ccc(N3CCC(F)(F)CC3)nn2)CC1. The fraction of sp³-hybridized carbons (Fsp3) is 0.515. The molecule has 1 saturated heterocycles. The van der Waals surface area contributed by atoms with Crippen LogP contribution < -0.4 is 15.5 Å². The molecule has 2 aliphatic carbocycles. The van der Waals surface area contributed by atoms with Crippen LogP contribution in [-0.4, -0.2) is 98.6 Å². The zero-order valence-electron chi connectivity index (χ0n) is 27.6. The van der Waals surface area contributed by atoms with Gasteiger partial charge in [-0.2, -0.15) is 9.19 Å². The molecule has 0 amide bonds. The van der Waals surface area contributed by atoms with Crippen LogP contribution in [-0.2, 0) is 10.0 Å². The summed E-state index contributed by atoms with van der Waals surface area (Å²) in [6, 6.07) is 7.59. The summed E-state index contributed by atoms with van der Waals surface area (Å²) in [4.78, 5) is 17.7. The zero-order chi connectivity index (χ0) is 34.2. The highest BCUT2D eigenvalue weighted by atomic mass is 32.2. The molecule has 3 aliphatic rings. The van der Waals surface area contributed by atoms with Crippen molar-refractivity contribution in [1.29, 1.82) is 0 Å². The van der Waals surface area contributed by atoms with Gasteiger partial charge in [0.05, 0.1) is 28.9 Å². The van der Waals surface area contributed by atoms with Crippen molar-refractivity contribution in [3.05, 3.63) is 49.1 Å². The molecular formula is C33H41F2N11O2S. The van der Waals surface area contributed by atoms with Crippen molar-refractivity contribution >= 4 is 33.2 Å². The van der Waals surface area contributed by atoms with Crippen molar-refractivity contribution in [2.24, 2.45) is 5.92 Å². The lowest BCUT2D eigenvalue weighted by atomic mass is 9.85. The van der Waals surface area contributed by atoms with E-state index < -0.39 is 15.9 Å². The molecule has 49 heavy (non-hydrogen) atoms. The lowest BCUT2D eigenvalue weighted by Gasteiger charge is -2.32. The molecule has 0 aromatic carbocycles. The molecule has 3 fully saturated rings. The number of piperidine rings is 1. The van der Waals surface area contributed by atoms with Gasteiger partial charge in [0.2, 0.25) is 0 Å². The topological polar surface area (TPSA) is 147 Å². The molecule has 5 heterocycles. The molecule has 1 aliphatic heterocycles. The number of alkyl halides is 2. The van der Waals surface area contributed by atoms with Crippen LogP contribution in [0.2, 0.25) is 0 Å². The molecular weight excluding hydrogens is 653 g/mol. The van der Waals surface area contributed by atoms with Gasteiger partial charge in [0.15, 0.2) is 11.6 Å². The number of nitrogens with one attached hydrogen (secondary N) is 2. The summed E-state index contributed by atoms with van der Waals surface area (Å²) in [5, 5.41) is 19.6. The molecule has 260 valence electrons. The van der Waals surface area contributed by atoms with Gasteiger partial charge in [0.25, 0.3) is 15.9 Å².